The van der Waals surface area contributed by atoms with Crippen molar-refractivity contribution < 1.29 is 4.74 Å². The van der Waals surface area contributed by atoms with Gasteiger partial charge in [0.2, 0.25) is 0 Å². The van der Waals surface area contributed by atoms with Crippen LogP contribution in [0.4, 0.5) is 5.69 Å². The number of hydrogen-bond donors (Lipinski definition) is 1. The maximum atomic E-state index is 6.30. The van der Waals surface area contributed by atoms with Gasteiger partial charge in [-0.3, -0.25) is 0 Å². The molecule has 0 bridgehead atoms. The lowest BCUT2D eigenvalue weighted by Gasteiger charge is -2.13. The fraction of sp³-hybridized carbons (Fsp3) is 0.200. The molecule has 0 saturated carbocycles. The Balaban J connectivity index is 2.72. The van der Waals surface area contributed by atoms with Gasteiger partial charge in [-0.25, -0.2) is 0 Å². The van der Waals surface area contributed by atoms with Crippen LogP contribution in [0.3, 0.4) is 0 Å². The minimum Gasteiger partial charge on any atom is -0.496 e. The molecule has 2 nitrogen and oxygen atoms in total. The Morgan fingerprint density at radius 3 is 2.33 bits per heavy atom. The maximum Gasteiger partial charge on any atom is 0.126 e. The zero-order valence-electron chi connectivity index (χ0n) is 10.8. The van der Waals surface area contributed by atoms with Crippen molar-refractivity contribution in [2.45, 2.75) is 13.8 Å². The van der Waals surface area contributed by atoms with Gasteiger partial charge in [-0.1, -0.05) is 23.2 Å². The zero-order chi connectivity index (χ0) is 13.3. The normalized spacial score (nSPS) is 10.4. The summed E-state index contributed by atoms with van der Waals surface area (Å²) in [4.78, 5) is 0. The molecule has 18 heavy (non-hydrogen) atoms. The van der Waals surface area contributed by atoms with E-state index in [1.807, 2.05) is 38.1 Å². The fourth-order valence-electron chi connectivity index (χ4n) is 2.03. The predicted octanol–water partition coefficient (Wildman–Crippen LogP) is 4.21. The van der Waals surface area contributed by atoms with Gasteiger partial charge in [0.15, 0.2) is 0 Å². The van der Waals surface area contributed by atoms with Crippen LogP contribution in [0.25, 0.3) is 11.1 Å². The van der Waals surface area contributed by atoms with Crippen LogP contribution in [0, 0.1) is 13.8 Å². The lowest BCUT2D eigenvalue weighted by Crippen LogP contribution is -1.94. The number of aryl methyl sites for hydroxylation is 2. The van der Waals surface area contributed by atoms with Crippen molar-refractivity contribution in [3.05, 3.63) is 46.5 Å². The van der Waals surface area contributed by atoms with E-state index in [4.69, 9.17) is 22.1 Å². The first-order chi connectivity index (χ1) is 8.52. The molecule has 0 aliphatic rings. The quantitative estimate of drug-likeness (QED) is 0.822. The molecule has 2 rings (SSSR count). The van der Waals surface area contributed by atoms with Crippen molar-refractivity contribution in [2.24, 2.45) is 0 Å². The number of nitrogen functional groups attached to an aromatic ring is 1. The maximum absolute atomic E-state index is 6.30. The highest BCUT2D eigenvalue weighted by atomic mass is 35.5. The first-order valence-corrected chi connectivity index (χ1v) is 6.11. The van der Waals surface area contributed by atoms with Crippen LogP contribution in [-0.4, -0.2) is 7.11 Å². The van der Waals surface area contributed by atoms with E-state index in [-0.39, 0.29) is 0 Å². The largest absolute Gasteiger partial charge is 0.496 e. The van der Waals surface area contributed by atoms with Gasteiger partial charge >= 0.3 is 0 Å². The number of nitrogens with two attached hydrogens (primary N) is 1. The highest BCUT2D eigenvalue weighted by Gasteiger charge is 2.12. The van der Waals surface area contributed by atoms with Crippen molar-refractivity contribution in [3.63, 3.8) is 0 Å². The molecule has 0 atom stereocenters. The monoisotopic (exact) mass is 261 g/mol. The first kappa shape index (κ1) is 12.8. The molecule has 0 unspecified atom stereocenters. The lowest BCUT2D eigenvalue weighted by molar-refractivity contribution is 0.416. The van der Waals surface area contributed by atoms with E-state index < -0.39 is 0 Å². The smallest absolute Gasteiger partial charge is 0.126 e. The summed E-state index contributed by atoms with van der Waals surface area (Å²) in [6, 6.07) is 9.90. The van der Waals surface area contributed by atoms with Gasteiger partial charge in [0.1, 0.15) is 5.75 Å². The van der Waals surface area contributed by atoms with E-state index in [1.165, 1.54) is 0 Å². The SMILES string of the molecule is COc1ccc(C)cc1-c1cc(C)cc(N)c1Cl. The Labute approximate surface area is 112 Å². The molecular formula is C15H16ClNO. The van der Waals surface area contributed by atoms with Crippen molar-refractivity contribution >= 4 is 17.3 Å². The Hall–Kier alpha value is -1.67. The van der Waals surface area contributed by atoms with Gasteiger partial charge in [0.25, 0.3) is 0 Å². The summed E-state index contributed by atoms with van der Waals surface area (Å²) in [7, 11) is 1.65. The first-order valence-electron chi connectivity index (χ1n) is 5.73. The molecule has 0 aliphatic carbocycles. The van der Waals surface area contributed by atoms with Crippen LogP contribution in [0.1, 0.15) is 11.1 Å². The highest BCUT2D eigenvalue weighted by molar-refractivity contribution is 6.36. The van der Waals surface area contributed by atoms with Crippen LogP contribution in [0.5, 0.6) is 5.75 Å². The third-order valence-electron chi connectivity index (χ3n) is 2.89. The number of rotatable bonds is 2. The molecule has 2 aromatic carbocycles. The van der Waals surface area contributed by atoms with Crippen LogP contribution < -0.4 is 10.5 Å². The molecule has 0 fully saturated rings. The topological polar surface area (TPSA) is 35.2 Å². The average Bonchev–Trinajstić information content (AvgIpc) is 2.33. The van der Waals surface area contributed by atoms with Crippen molar-refractivity contribution in [3.8, 4) is 16.9 Å². The van der Waals surface area contributed by atoms with Gasteiger partial charge in [-0.15, -0.1) is 0 Å². The van der Waals surface area contributed by atoms with Gasteiger partial charge in [0, 0.05) is 11.1 Å². The van der Waals surface area contributed by atoms with Crippen LogP contribution >= 0.6 is 11.6 Å². The van der Waals surface area contributed by atoms with E-state index in [0.717, 1.165) is 28.0 Å². The van der Waals surface area contributed by atoms with Crippen molar-refractivity contribution in [2.75, 3.05) is 12.8 Å². The second-order valence-electron chi connectivity index (χ2n) is 4.42. The number of ether oxygens (including phenoxy) is 1. The Morgan fingerprint density at radius 1 is 1.00 bits per heavy atom. The average molecular weight is 262 g/mol. The molecule has 2 N–H and O–H groups in total. The van der Waals surface area contributed by atoms with Crippen molar-refractivity contribution in [1.82, 2.24) is 0 Å². The van der Waals surface area contributed by atoms with E-state index >= 15 is 0 Å². The number of anilines is 1. The third-order valence-corrected chi connectivity index (χ3v) is 3.31. The summed E-state index contributed by atoms with van der Waals surface area (Å²) in [5.41, 5.74) is 10.6. The second kappa shape index (κ2) is 4.91. The standard InChI is InChI=1S/C15H16ClNO/c1-9-4-5-14(18-3)11(6-9)12-7-10(2)8-13(17)15(12)16/h4-8H,17H2,1-3H3. The molecule has 0 spiro atoms. The lowest BCUT2D eigenvalue weighted by atomic mass is 9.99. The Bertz CT molecular complexity index is 593. The molecule has 0 amide bonds. The molecule has 3 heteroatoms. The zero-order valence-corrected chi connectivity index (χ0v) is 11.5. The highest BCUT2D eigenvalue weighted by Crippen LogP contribution is 2.38. The molecule has 94 valence electrons. The summed E-state index contributed by atoms with van der Waals surface area (Å²) < 4.78 is 5.39. The van der Waals surface area contributed by atoms with E-state index in [2.05, 4.69) is 6.07 Å². The van der Waals surface area contributed by atoms with Gasteiger partial charge < -0.3 is 10.5 Å². The molecule has 0 aromatic heterocycles. The van der Waals surface area contributed by atoms with Gasteiger partial charge in [0.05, 0.1) is 17.8 Å². The van der Waals surface area contributed by atoms with E-state index in [9.17, 15) is 0 Å². The third kappa shape index (κ3) is 2.29. The molecular weight excluding hydrogens is 246 g/mol. The molecule has 2 aromatic rings. The molecule has 0 aliphatic heterocycles. The minimum atomic E-state index is 0.574. The number of methoxy groups -OCH3 is 1. The summed E-state index contributed by atoms with van der Waals surface area (Å²) in [5, 5.41) is 0.574. The number of benzene rings is 2. The summed E-state index contributed by atoms with van der Waals surface area (Å²) >= 11 is 6.30. The van der Waals surface area contributed by atoms with Crippen molar-refractivity contribution in [1.29, 1.82) is 0 Å². The number of halogens is 1. The van der Waals surface area contributed by atoms with Crippen LogP contribution in [-0.2, 0) is 0 Å². The fourth-order valence-corrected chi connectivity index (χ4v) is 2.24. The predicted molar refractivity (Wildman–Crippen MR) is 77.3 cm³/mol. The number of hydrogen-bond acceptors (Lipinski definition) is 2. The van der Waals surface area contributed by atoms with Crippen LogP contribution in [0.2, 0.25) is 5.02 Å². The summed E-state index contributed by atoms with van der Waals surface area (Å²) in [5.74, 6) is 0.799. The van der Waals surface area contributed by atoms with E-state index in [1.54, 1.807) is 7.11 Å². The van der Waals surface area contributed by atoms with E-state index in [0.29, 0.717) is 10.7 Å². The molecule has 0 radical (unpaired) electrons. The molecule has 0 saturated heterocycles. The Morgan fingerprint density at radius 2 is 1.67 bits per heavy atom. The summed E-state index contributed by atoms with van der Waals surface area (Å²) in [6.45, 7) is 4.04. The van der Waals surface area contributed by atoms with Gasteiger partial charge in [-0.05, 0) is 43.7 Å². The van der Waals surface area contributed by atoms with Crippen LogP contribution in [0.15, 0.2) is 30.3 Å². The summed E-state index contributed by atoms with van der Waals surface area (Å²) in [6.07, 6.45) is 0. The second-order valence-corrected chi connectivity index (χ2v) is 4.80. The minimum absolute atomic E-state index is 0.574. The van der Waals surface area contributed by atoms with Gasteiger partial charge in [-0.2, -0.15) is 0 Å². The molecule has 0 heterocycles. The Kier molecular flexibility index (Phi) is 3.48.